The number of phenolic OH excluding ortho intramolecular Hbond substituents is 8. The summed E-state index contributed by atoms with van der Waals surface area (Å²) in [6.45, 7) is 12.4. The lowest BCUT2D eigenvalue weighted by atomic mass is 9.95. The number of nitrogens with zero attached hydrogens (tertiary/aromatic N) is 6. The summed E-state index contributed by atoms with van der Waals surface area (Å²) in [5.41, 5.74) is -2.33. The summed E-state index contributed by atoms with van der Waals surface area (Å²) in [5.74, 6) is -1.47. The van der Waals surface area contributed by atoms with Crippen LogP contribution in [0.3, 0.4) is 0 Å². The number of aromatic hydroxyl groups is 8. The average molecular weight is 1610 g/mol. The zero-order chi connectivity index (χ0) is 84.0. The Morgan fingerprint density at radius 1 is 0.456 bits per heavy atom. The van der Waals surface area contributed by atoms with Crippen LogP contribution in [-0.2, 0) is 4.79 Å². The Balaban J connectivity index is 0.000000149. The fourth-order valence-electron chi connectivity index (χ4n) is 12.8. The molecule has 47 nitrogen and oxygen atoms in total. The van der Waals surface area contributed by atoms with Gasteiger partial charge in [0.05, 0.1) is 6.42 Å². The molecule has 12 fully saturated rings. The number of urea groups is 12. The Hall–Kier alpha value is -14.3. The predicted octanol–water partition coefficient (Wildman–Crippen LogP) is -1.30. The van der Waals surface area contributed by atoms with Crippen molar-refractivity contribution in [3.05, 3.63) is 72.8 Å². The van der Waals surface area contributed by atoms with E-state index in [9.17, 15) is 75.5 Å². The van der Waals surface area contributed by atoms with Crippen molar-refractivity contribution in [3.8, 4) is 46.0 Å². The lowest BCUT2D eigenvalue weighted by molar-refractivity contribution is -0.119. The minimum atomic E-state index is -4.47. The number of likely N-dealkylation sites (N-methyl/N-ethyl adjacent to an activating group) is 2. The number of halogens is 3. The van der Waals surface area contributed by atoms with E-state index in [0.29, 0.717) is 18.9 Å². The van der Waals surface area contributed by atoms with Gasteiger partial charge in [-0.15, -0.1) is 0 Å². The van der Waals surface area contributed by atoms with Crippen LogP contribution in [-0.4, -0.2) is 261 Å². The third kappa shape index (κ3) is 18.9. The van der Waals surface area contributed by atoms with Gasteiger partial charge in [-0.05, 0) is 68.1 Å². The van der Waals surface area contributed by atoms with Crippen molar-refractivity contribution >= 4 is 94.8 Å². The minimum absolute atomic E-state index is 0.0645. The summed E-state index contributed by atoms with van der Waals surface area (Å²) >= 11 is 0. The average Bonchev–Trinajstić information content (AvgIpc) is 1.57. The number of alkyl halides is 3. The van der Waals surface area contributed by atoms with E-state index in [-0.39, 0.29) is 162 Å². The molecule has 13 aliphatic rings. The highest BCUT2D eigenvalue weighted by Crippen LogP contribution is 2.33. The molecule has 28 N–H and O–H groups in total. The first kappa shape index (κ1) is 83.7. The van der Waals surface area contributed by atoms with Crippen LogP contribution in [0.25, 0.3) is 10.8 Å². The Kier molecular flexibility index (Phi) is 24.3. The molecule has 0 spiro atoms. The number of hydrogen-bond donors (Lipinski definition) is 28. The van der Waals surface area contributed by atoms with Crippen LogP contribution in [0.2, 0.25) is 0 Å². The molecule has 618 valence electrons. The number of phenols is 8. The maximum Gasteiger partial charge on any atom is 0.431 e. The minimum Gasteiger partial charge on any atom is -0.508 e. The smallest absolute Gasteiger partial charge is 0.431 e. The maximum absolute atomic E-state index is 12.1. The van der Waals surface area contributed by atoms with E-state index in [1.54, 1.807) is 57.3 Å². The first-order valence-electron chi connectivity index (χ1n) is 34.5. The van der Waals surface area contributed by atoms with Crippen LogP contribution in [0.4, 0.5) is 70.7 Å². The van der Waals surface area contributed by atoms with Crippen molar-refractivity contribution in [2.75, 3.05) is 33.7 Å². The summed E-state index contributed by atoms with van der Waals surface area (Å²) in [6.07, 6.45) is -6.34. The highest BCUT2D eigenvalue weighted by Gasteiger charge is 2.61. The van der Waals surface area contributed by atoms with Gasteiger partial charge in [-0.2, -0.15) is 18.3 Å². The predicted molar refractivity (Wildman–Crippen MR) is 384 cm³/mol. The van der Waals surface area contributed by atoms with E-state index in [4.69, 9.17) is 40.9 Å². The first-order chi connectivity index (χ1) is 53.4. The highest BCUT2D eigenvalue weighted by molar-refractivity contribution is 6.07. The summed E-state index contributed by atoms with van der Waals surface area (Å²) < 4.78 is 34.8. The number of rotatable bonds is 7. The molecule has 0 aliphatic carbocycles. The second kappa shape index (κ2) is 33.1. The van der Waals surface area contributed by atoms with Crippen LogP contribution in [0.1, 0.15) is 60.8 Å². The molecule has 4 aromatic carbocycles. The lowest BCUT2D eigenvalue weighted by Crippen LogP contribution is -2.63. The third-order valence-corrected chi connectivity index (χ3v) is 19.0. The molecule has 17 rings (SSSR count). The quantitative estimate of drug-likeness (QED) is 0.0755. The van der Waals surface area contributed by atoms with Crippen molar-refractivity contribution in [1.82, 2.24) is 131 Å². The summed E-state index contributed by atoms with van der Waals surface area (Å²) in [4.78, 5) is 153. The fraction of sp³-hybridized carbons (Fsp3) is 0.438. The van der Waals surface area contributed by atoms with E-state index >= 15 is 0 Å². The van der Waals surface area contributed by atoms with Crippen molar-refractivity contribution < 1.29 is 116 Å². The Morgan fingerprint density at radius 3 is 1.33 bits per heavy atom. The van der Waals surface area contributed by atoms with Crippen LogP contribution in [0.15, 0.2) is 77.9 Å². The number of hydrogen-bond acceptors (Lipinski definition) is 22. The molecule has 9 atom stereocenters. The second-order valence-electron chi connectivity index (χ2n) is 27.4. The SMILES string of the molecule is CC12NC(=O)NC1N(CCN1C(=O)NC3NC(=O)NC31)C(=O)N2.CC12NC(=O)NC1NC(=O)N2.CCC(C)CN1C(=O)NC2NC(=O)NC21.CCC12NC(=O)NC1(C)NC(=O)N2.CN1C(=O)NC2C1NC(=O)N2C.O=C1CC(C(F)(F)F)=NN1.Oc1cc(O)cc(O)c1.Oc1cc2ccccc2cc1O.Oc1ccc(O)c(O)c1. The van der Waals surface area contributed by atoms with Crippen LogP contribution in [0.5, 0.6) is 46.0 Å². The first-order valence-corrected chi connectivity index (χ1v) is 34.5. The van der Waals surface area contributed by atoms with Gasteiger partial charge in [-0.1, -0.05) is 51.5 Å². The van der Waals surface area contributed by atoms with Crippen LogP contribution in [0, 0.1) is 5.92 Å². The topological polar surface area (TPSA) is 653 Å². The fourth-order valence-corrected chi connectivity index (χ4v) is 12.8. The van der Waals surface area contributed by atoms with Gasteiger partial charge in [-0.3, -0.25) is 14.6 Å². The molecule has 0 saturated carbocycles. The van der Waals surface area contributed by atoms with Gasteiger partial charge in [0, 0.05) is 58.0 Å². The third-order valence-electron chi connectivity index (χ3n) is 19.0. The van der Waals surface area contributed by atoms with E-state index in [1.165, 1.54) is 31.7 Å². The van der Waals surface area contributed by atoms with Gasteiger partial charge in [-0.25, -0.2) is 63.0 Å². The van der Waals surface area contributed by atoms with Crippen molar-refractivity contribution in [1.29, 1.82) is 0 Å². The Morgan fingerprint density at radius 2 is 0.912 bits per heavy atom. The molecule has 114 heavy (non-hydrogen) atoms. The number of amides is 25. The molecule has 50 heteroatoms. The van der Waals surface area contributed by atoms with Gasteiger partial charge >= 0.3 is 78.5 Å². The highest BCUT2D eigenvalue weighted by atomic mass is 19.4. The maximum atomic E-state index is 12.1. The van der Waals surface area contributed by atoms with Gasteiger partial charge in [0.15, 0.2) is 51.4 Å². The van der Waals surface area contributed by atoms with Crippen LogP contribution < -0.4 is 106 Å². The molecule has 4 aromatic rings. The Bertz CT molecular complexity index is 4330. The monoisotopic (exact) mass is 1610 g/mol. The van der Waals surface area contributed by atoms with Gasteiger partial charge < -0.3 is 157 Å². The summed E-state index contributed by atoms with van der Waals surface area (Å²) in [7, 11) is 3.30. The molecule has 12 saturated heterocycles. The second-order valence-corrected chi connectivity index (χ2v) is 27.4. The molecule has 9 unspecified atom stereocenters. The largest absolute Gasteiger partial charge is 0.508 e. The molecule has 13 aliphatic heterocycles. The number of nitrogens with one attached hydrogen (secondary N) is 20. The number of carbonyl (C=O) groups is 13. The number of hydrazone groups is 1. The summed E-state index contributed by atoms with van der Waals surface area (Å²) in [6, 6.07) is 14.5. The Labute approximate surface area is 642 Å². The van der Waals surface area contributed by atoms with E-state index in [2.05, 4.69) is 120 Å². The summed E-state index contributed by atoms with van der Waals surface area (Å²) in [5, 5.41) is 125. The molecule has 13 heterocycles. The standard InChI is InChI=1S/C11H16N8O4.C10H8O2.C9H16N4O2.C7H12N4O2.C6H10N4O2.2C6H6O3.C5H8N4O2.C4H3F3N2O/c1-11-6(15-8(21)16-11)19(10(23)17-11)3-2-18-5-4(13-9(18)22)12-7(20)14-5;11-9-5-7-3-1-2-4-8(7)6-10(9)12;1-3-5(2)4-13-7-6(11-9(13)15)10-8(14)12-7;1-3-7-6(2,8-4(12)10-7)9-5(13)11-7;1-9-3-4(8-5(9)11)10(2)6(12)7-3;7-4-1-5(8)3-6(9)2-4;7-4-1-2-5(8)6(9)3-4;1-5-2(6-3(10)8-5)7-4(11)9-5;5-4(6,7)2-1-3(10)9-8-2/h4-6H,2-3H2,1H3,(H,13,22)(H,17,23)(H2,12,14,20)(H2,15,16,21);1-6,11-12H;5-7H,3-4H2,1-2H3,(H,11,15)(H2,10,12,14);3H2,1-2H3,(H2,8,10,12)(H2,9,11,13);3-4H,1-2H3,(H,7,12)(H,8,11);2*1-3,7-9H;2H,1H3,(H2,6,8,10)(H2,7,9,11);1H2,(H,9,10). The number of carbonyl (C=O) groups excluding carboxylic acids is 13. The molecule has 0 bridgehead atoms. The van der Waals surface area contributed by atoms with Crippen LogP contribution >= 0.6 is 0 Å². The molecule has 0 radical (unpaired) electrons. The van der Waals surface area contributed by atoms with Crippen molar-refractivity contribution in [3.63, 3.8) is 0 Å². The molecule has 0 aromatic heterocycles. The van der Waals surface area contributed by atoms with E-state index < -0.39 is 65.4 Å². The zero-order valence-electron chi connectivity index (χ0n) is 61.6. The van der Waals surface area contributed by atoms with Crippen molar-refractivity contribution in [2.24, 2.45) is 11.0 Å². The lowest BCUT2D eigenvalue weighted by Gasteiger charge is -2.32. The number of fused-ring (bicyclic) bond motifs is 7. The normalized spacial score (nSPS) is 28.0. The molecule has 25 amide bonds. The van der Waals surface area contributed by atoms with Gasteiger partial charge in [0.1, 0.15) is 72.3 Å². The molecular weight excluding hydrogens is 1530 g/mol. The molecular formula is C64H85F3N26O21. The zero-order valence-corrected chi connectivity index (χ0v) is 61.6. The van der Waals surface area contributed by atoms with Gasteiger partial charge in [0.2, 0.25) is 5.91 Å². The number of benzene rings is 4. The van der Waals surface area contributed by atoms with E-state index in [0.717, 1.165) is 41.5 Å². The van der Waals surface area contributed by atoms with Crippen molar-refractivity contribution in [2.45, 2.75) is 139 Å². The van der Waals surface area contributed by atoms with Gasteiger partial charge in [0.25, 0.3) is 0 Å². The van der Waals surface area contributed by atoms with E-state index in [1.807, 2.05) is 31.2 Å².